The summed E-state index contributed by atoms with van der Waals surface area (Å²) in [6.07, 6.45) is 1.09. The highest BCUT2D eigenvalue weighted by atomic mass is 14.5. The molecule has 0 aromatic heterocycles. The fourth-order valence-electron chi connectivity index (χ4n) is 3.44. The third-order valence-corrected chi connectivity index (χ3v) is 4.19. The molecule has 2 aromatic rings. The second kappa shape index (κ2) is 3.07. The highest BCUT2D eigenvalue weighted by molar-refractivity contribution is 6.07. The first-order valence-electron chi connectivity index (χ1n) is 6.13. The van der Waals surface area contributed by atoms with Crippen molar-refractivity contribution in [1.82, 2.24) is 0 Å². The topological polar surface area (TPSA) is 23.9 Å². The van der Waals surface area contributed by atoms with E-state index in [-0.39, 0.29) is 0 Å². The molecule has 0 amide bonds. The van der Waals surface area contributed by atoms with Crippen molar-refractivity contribution in [3.05, 3.63) is 70.8 Å². The predicted octanol–water partition coefficient (Wildman–Crippen LogP) is 3.69. The molecule has 0 heterocycles. The van der Waals surface area contributed by atoms with Crippen molar-refractivity contribution in [2.45, 2.75) is 18.3 Å². The molecule has 0 radical (unpaired) electrons. The fourth-order valence-corrected chi connectivity index (χ4v) is 3.44. The molecule has 82 valence electrons. The van der Waals surface area contributed by atoms with E-state index in [0.29, 0.717) is 11.8 Å². The third kappa shape index (κ3) is 1.06. The molecule has 17 heavy (non-hydrogen) atoms. The number of fused-ring (bicyclic) bond motifs is 7. The first kappa shape index (κ1) is 9.17. The Morgan fingerprint density at radius 1 is 0.765 bits per heavy atom. The average molecular weight is 219 g/mol. The van der Waals surface area contributed by atoms with Gasteiger partial charge in [-0.15, -0.1) is 0 Å². The van der Waals surface area contributed by atoms with Gasteiger partial charge < -0.3 is 5.41 Å². The maximum Gasteiger partial charge on any atom is 0.0464 e. The molecule has 0 saturated carbocycles. The van der Waals surface area contributed by atoms with Gasteiger partial charge >= 0.3 is 0 Å². The Kier molecular flexibility index (Phi) is 1.66. The lowest BCUT2D eigenvalue weighted by Crippen LogP contribution is -2.17. The summed E-state index contributed by atoms with van der Waals surface area (Å²) in [7, 11) is 0. The summed E-state index contributed by atoms with van der Waals surface area (Å²) in [5.41, 5.74) is 6.12. The van der Waals surface area contributed by atoms with Crippen LogP contribution in [0.15, 0.2) is 48.5 Å². The first-order valence-corrected chi connectivity index (χ1v) is 6.13. The lowest BCUT2D eigenvalue weighted by Gasteiger charge is -2.24. The molecule has 0 spiro atoms. The van der Waals surface area contributed by atoms with Crippen molar-refractivity contribution in [3.63, 3.8) is 0 Å². The van der Waals surface area contributed by atoms with E-state index in [1.54, 1.807) is 0 Å². The highest BCUT2D eigenvalue weighted by Crippen LogP contribution is 2.51. The standard InChI is InChI=1S/C16H13N/c17-16-13-8-4-3-7-12(13)14-9-15(16)11-6-2-1-5-10(11)14/h1-8,14-15,17H,9H2. The van der Waals surface area contributed by atoms with Gasteiger partial charge in [0.25, 0.3) is 0 Å². The van der Waals surface area contributed by atoms with Gasteiger partial charge in [-0.3, -0.25) is 0 Å². The molecule has 2 aromatic carbocycles. The van der Waals surface area contributed by atoms with Gasteiger partial charge in [0.05, 0.1) is 0 Å². The van der Waals surface area contributed by atoms with Gasteiger partial charge in [-0.2, -0.15) is 0 Å². The maximum absolute atomic E-state index is 8.39. The summed E-state index contributed by atoms with van der Waals surface area (Å²) in [6, 6.07) is 17.1. The molecular formula is C16H13N. The van der Waals surface area contributed by atoms with Gasteiger partial charge in [0.2, 0.25) is 0 Å². The van der Waals surface area contributed by atoms with E-state index in [4.69, 9.17) is 5.41 Å². The smallest absolute Gasteiger partial charge is 0.0464 e. The van der Waals surface area contributed by atoms with Crippen LogP contribution in [0.3, 0.4) is 0 Å². The Labute approximate surface area is 101 Å². The minimum atomic E-state index is 0.325. The van der Waals surface area contributed by atoms with Gasteiger partial charge in [-0.1, -0.05) is 48.5 Å². The molecular weight excluding hydrogens is 206 g/mol. The van der Waals surface area contributed by atoms with Crippen LogP contribution in [0, 0.1) is 5.41 Å². The highest BCUT2D eigenvalue weighted by Gasteiger charge is 2.40. The number of hydrogen-bond acceptors (Lipinski definition) is 1. The Balaban J connectivity index is 2.04. The van der Waals surface area contributed by atoms with Crippen LogP contribution in [0.4, 0.5) is 0 Å². The van der Waals surface area contributed by atoms with E-state index in [0.717, 1.165) is 17.7 Å². The molecule has 4 rings (SSSR count). The van der Waals surface area contributed by atoms with Gasteiger partial charge in [0.15, 0.2) is 0 Å². The lowest BCUT2D eigenvalue weighted by molar-refractivity contribution is 0.728. The zero-order valence-corrected chi connectivity index (χ0v) is 9.48. The zero-order valence-electron chi connectivity index (χ0n) is 9.48. The van der Waals surface area contributed by atoms with Crippen LogP contribution in [0.1, 0.15) is 40.5 Å². The van der Waals surface area contributed by atoms with Crippen LogP contribution < -0.4 is 0 Å². The van der Waals surface area contributed by atoms with Crippen molar-refractivity contribution in [2.24, 2.45) is 0 Å². The first-order chi connectivity index (χ1) is 8.36. The predicted molar refractivity (Wildman–Crippen MR) is 68.9 cm³/mol. The Hall–Kier alpha value is -1.89. The van der Waals surface area contributed by atoms with Crippen LogP contribution in [0.25, 0.3) is 0 Å². The SMILES string of the molecule is N=C1c2ccccc2C2CC1c1ccccc12. The van der Waals surface area contributed by atoms with Crippen LogP contribution in [-0.4, -0.2) is 5.71 Å². The van der Waals surface area contributed by atoms with Crippen LogP contribution in [-0.2, 0) is 0 Å². The van der Waals surface area contributed by atoms with E-state index in [1.165, 1.54) is 16.7 Å². The van der Waals surface area contributed by atoms with Crippen molar-refractivity contribution < 1.29 is 0 Å². The largest absolute Gasteiger partial charge is 0.304 e. The molecule has 2 bridgehead atoms. The Morgan fingerprint density at radius 3 is 2.12 bits per heavy atom. The quantitative estimate of drug-likeness (QED) is 0.698. The molecule has 2 aliphatic rings. The van der Waals surface area contributed by atoms with Crippen molar-refractivity contribution in [2.75, 3.05) is 0 Å². The summed E-state index contributed by atoms with van der Waals surface area (Å²) in [6.45, 7) is 0. The van der Waals surface area contributed by atoms with Gasteiger partial charge in [-0.25, -0.2) is 0 Å². The average Bonchev–Trinajstić information content (AvgIpc) is 2.73. The molecule has 2 unspecified atom stereocenters. The Bertz CT molecular complexity index is 627. The molecule has 1 heteroatoms. The van der Waals surface area contributed by atoms with Gasteiger partial charge in [0, 0.05) is 17.5 Å². The number of rotatable bonds is 0. The molecule has 1 nitrogen and oxygen atoms in total. The molecule has 0 fully saturated rings. The third-order valence-electron chi connectivity index (χ3n) is 4.19. The minimum Gasteiger partial charge on any atom is -0.304 e. The zero-order chi connectivity index (χ0) is 11.4. The van der Waals surface area contributed by atoms with Crippen molar-refractivity contribution in [3.8, 4) is 0 Å². The summed E-state index contributed by atoms with van der Waals surface area (Å²) < 4.78 is 0. The van der Waals surface area contributed by atoms with E-state index in [1.807, 2.05) is 6.07 Å². The normalized spacial score (nSPS) is 24.4. The molecule has 2 atom stereocenters. The van der Waals surface area contributed by atoms with E-state index >= 15 is 0 Å². The van der Waals surface area contributed by atoms with E-state index < -0.39 is 0 Å². The van der Waals surface area contributed by atoms with Crippen LogP contribution in [0.5, 0.6) is 0 Å². The summed E-state index contributed by atoms with van der Waals surface area (Å²) in [5.74, 6) is 0.840. The van der Waals surface area contributed by atoms with Crippen molar-refractivity contribution in [1.29, 1.82) is 5.41 Å². The fraction of sp³-hybridized carbons (Fsp3) is 0.188. The van der Waals surface area contributed by atoms with Gasteiger partial charge in [0.1, 0.15) is 0 Å². The Morgan fingerprint density at radius 2 is 1.35 bits per heavy atom. The minimum absolute atomic E-state index is 0.325. The van der Waals surface area contributed by atoms with Crippen molar-refractivity contribution >= 4 is 5.71 Å². The van der Waals surface area contributed by atoms with Crippen LogP contribution in [0.2, 0.25) is 0 Å². The number of benzene rings is 2. The maximum atomic E-state index is 8.39. The number of nitrogens with one attached hydrogen (secondary N) is 1. The van der Waals surface area contributed by atoms with Crippen LogP contribution >= 0.6 is 0 Å². The molecule has 2 aliphatic carbocycles. The van der Waals surface area contributed by atoms with Gasteiger partial charge in [-0.05, 0) is 28.7 Å². The van der Waals surface area contributed by atoms with E-state index in [9.17, 15) is 0 Å². The number of hydrogen-bond donors (Lipinski definition) is 1. The molecule has 0 saturated heterocycles. The summed E-state index contributed by atoms with van der Waals surface area (Å²) >= 11 is 0. The lowest BCUT2D eigenvalue weighted by atomic mass is 9.80. The second-order valence-electron chi connectivity index (χ2n) is 4.97. The summed E-state index contributed by atoms with van der Waals surface area (Å²) in [4.78, 5) is 0. The second-order valence-corrected chi connectivity index (χ2v) is 4.97. The molecule has 0 aliphatic heterocycles. The summed E-state index contributed by atoms with van der Waals surface area (Å²) in [5, 5.41) is 8.39. The monoisotopic (exact) mass is 219 g/mol. The molecule has 1 N–H and O–H groups in total. The van der Waals surface area contributed by atoms with E-state index in [2.05, 4.69) is 42.5 Å².